The van der Waals surface area contributed by atoms with Gasteiger partial charge in [0, 0.05) is 19.5 Å². The summed E-state index contributed by atoms with van der Waals surface area (Å²) < 4.78 is 67.3. The lowest BCUT2D eigenvalue weighted by atomic mass is 9.96. The van der Waals surface area contributed by atoms with Gasteiger partial charge in [0.25, 0.3) is 0 Å². The molecule has 2 aliphatic heterocycles. The molecule has 3 fully saturated rings. The van der Waals surface area contributed by atoms with Crippen molar-refractivity contribution in [3.63, 3.8) is 0 Å². The van der Waals surface area contributed by atoms with Gasteiger partial charge in [0.15, 0.2) is 0 Å². The fourth-order valence-corrected chi connectivity index (χ4v) is 5.22. The third kappa shape index (κ3) is 6.05. The van der Waals surface area contributed by atoms with Gasteiger partial charge in [-0.05, 0) is 41.5 Å². The molecule has 4 amide bonds. The first-order valence-electron chi connectivity index (χ1n) is 13.2. The Morgan fingerprint density at radius 2 is 1.68 bits per heavy atom. The first-order valence-corrected chi connectivity index (χ1v) is 13.2. The van der Waals surface area contributed by atoms with Crippen molar-refractivity contribution < 1.29 is 36.3 Å². The molecule has 2 saturated heterocycles. The van der Waals surface area contributed by atoms with Gasteiger partial charge in [-0.1, -0.05) is 42.5 Å². The number of hydrogen-bond acceptors (Lipinski definition) is 3. The van der Waals surface area contributed by atoms with Crippen LogP contribution in [0.3, 0.4) is 0 Å². The van der Waals surface area contributed by atoms with Crippen molar-refractivity contribution in [1.82, 2.24) is 20.4 Å². The number of hydrogen-bond donors (Lipinski definition) is 2. The second-order valence-electron chi connectivity index (χ2n) is 10.6. The maximum absolute atomic E-state index is 14.9. The molecular weight excluding hydrogens is 535 g/mol. The Hall–Kier alpha value is -3.70. The lowest BCUT2D eigenvalue weighted by Crippen LogP contribution is -2.59. The molecule has 12 heteroatoms. The van der Waals surface area contributed by atoms with Gasteiger partial charge >= 0.3 is 12.2 Å². The Balaban J connectivity index is 1.25. The zero-order valence-corrected chi connectivity index (χ0v) is 21.5. The van der Waals surface area contributed by atoms with E-state index in [9.17, 15) is 36.3 Å². The maximum atomic E-state index is 14.9. The fourth-order valence-electron chi connectivity index (χ4n) is 5.22. The molecule has 0 unspecified atom stereocenters. The standard InChI is InChI=1S/C28H29F5N4O3/c29-20-11-23(37(15-20)24(38)12-34-27(40)36-13-19(14-36)28(31,32)33)26(39)35-25(17-4-2-1-3-5-17)18-8-9-21(16-6-7-16)22(30)10-18/h1-5,8-10,16,19-20,23,25H,6-7,11-15H2,(H,34,40)(H,35,39)/t20-,23+,25+/m1/s1. The molecule has 0 bridgehead atoms. The summed E-state index contributed by atoms with van der Waals surface area (Å²) in [5.74, 6) is -3.15. The minimum atomic E-state index is -4.40. The van der Waals surface area contributed by atoms with Gasteiger partial charge < -0.3 is 20.4 Å². The van der Waals surface area contributed by atoms with Crippen LogP contribution >= 0.6 is 0 Å². The van der Waals surface area contributed by atoms with Gasteiger partial charge in [-0.25, -0.2) is 13.6 Å². The van der Waals surface area contributed by atoms with Crippen LogP contribution < -0.4 is 10.6 Å². The van der Waals surface area contributed by atoms with Crippen LogP contribution in [0.15, 0.2) is 48.5 Å². The summed E-state index contributed by atoms with van der Waals surface area (Å²) in [4.78, 5) is 40.3. The molecule has 1 aliphatic carbocycles. The lowest BCUT2D eigenvalue weighted by molar-refractivity contribution is -0.202. The highest BCUT2D eigenvalue weighted by molar-refractivity contribution is 5.91. The predicted molar refractivity (Wildman–Crippen MR) is 134 cm³/mol. The van der Waals surface area contributed by atoms with Crippen LogP contribution in [0.4, 0.5) is 26.7 Å². The van der Waals surface area contributed by atoms with Crippen LogP contribution in [0.5, 0.6) is 0 Å². The van der Waals surface area contributed by atoms with E-state index in [1.54, 1.807) is 42.5 Å². The van der Waals surface area contributed by atoms with E-state index in [2.05, 4.69) is 10.6 Å². The highest BCUT2D eigenvalue weighted by Gasteiger charge is 2.49. The molecule has 214 valence electrons. The normalized spacial score (nSPS) is 22.0. The quantitative estimate of drug-likeness (QED) is 0.498. The smallest absolute Gasteiger partial charge is 0.343 e. The maximum Gasteiger partial charge on any atom is 0.395 e. The second-order valence-corrected chi connectivity index (χ2v) is 10.6. The van der Waals surface area contributed by atoms with Gasteiger partial charge in [-0.2, -0.15) is 13.2 Å². The van der Waals surface area contributed by atoms with Crippen molar-refractivity contribution in [2.24, 2.45) is 5.92 Å². The van der Waals surface area contributed by atoms with E-state index in [1.165, 1.54) is 6.07 Å². The van der Waals surface area contributed by atoms with Crippen molar-refractivity contribution in [2.75, 3.05) is 26.2 Å². The Morgan fingerprint density at radius 1 is 0.975 bits per heavy atom. The Kier molecular flexibility index (Phi) is 7.70. The van der Waals surface area contributed by atoms with Gasteiger partial charge in [0.1, 0.15) is 18.0 Å². The molecule has 1 saturated carbocycles. The third-order valence-corrected chi connectivity index (χ3v) is 7.69. The number of urea groups is 1. The average Bonchev–Trinajstić information content (AvgIpc) is 3.64. The molecule has 0 radical (unpaired) electrons. The van der Waals surface area contributed by atoms with Gasteiger partial charge in [-0.3, -0.25) is 9.59 Å². The third-order valence-electron chi connectivity index (χ3n) is 7.69. The van der Waals surface area contributed by atoms with E-state index >= 15 is 0 Å². The summed E-state index contributed by atoms with van der Waals surface area (Å²) in [6, 6.07) is 10.9. The monoisotopic (exact) mass is 564 g/mol. The summed E-state index contributed by atoms with van der Waals surface area (Å²) in [6.45, 7) is -1.98. The number of halogens is 5. The number of nitrogens with zero attached hydrogens (tertiary/aromatic N) is 2. The van der Waals surface area contributed by atoms with Crippen LogP contribution in [-0.4, -0.2) is 72.2 Å². The summed E-state index contributed by atoms with van der Waals surface area (Å²) in [7, 11) is 0. The number of nitrogens with one attached hydrogen (secondary N) is 2. The minimum Gasteiger partial charge on any atom is -0.343 e. The topological polar surface area (TPSA) is 81.8 Å². The zero-order chi connectivity index (χ0) is 28.6. The largest absolute Gasteiger partial charge is 0.395 e. The Morgan fingerprint density at radius 3 is 2.30 bits per heavy atom. The molecule has 0 aromatic heterocycles. The van der Waals surface area contributed by atoms with Crippen LogP contribution in [0.1, 0.15) is 47.9 Å². The van der Waals surface area contributed by atoms with Crippen molar-refractivity contribution in [3.05, 3.63) is 71.0 Å². The number of carbonyl (C=O) groups is 3. The molecule has 0 spiro atoms. The molecule has 5 rings (SSSR count). The van der Waals surface area contributed by atoms with Gasteiger partial charge in [-0.15, -0.1) is 0 Å². The van der Waals surface area contributed by atoms with Gasteiger partial charge in [0.2, 0.25) is 11.8 Å². The van der Waals surface area contributed by atoms with Crippen molar-refractivity contribution in [3.8, 4) is 0 Å². The van der Waals surface area contributed by atoms with Crippen molar-refractivity contribution >= 4 is 17.8 Å². The van der Waals surface area contributed by atoms with E-state index in [0.717, 1.165) is 22.6 Å². The number of alkyl halides is 4. The molecular formula is C28H29F5N4O3. The van der Waals surface area contributed by atoms with E-state index in [-0.39, 0.29) is 24.7 Å². The highest BCUT2D eigenvalue weighted by Crippen LogP contribution is 2.42. The number of carbonyl (C=O) groups excluding carboxylic acids is 3. The number of amides is 4. The lowest BCUT2D eigenvalue weighted by Gasteiger charge is -2.39. The molecule has 2 N–H and O–H groups in total. The highest BCUT2D eigenvalue weighted by atomic mass is 19.4. The van der Waals surface area contributed by atoms with E-state index in [1.807, 2.05) is 0 Å². The summed E-state index contributed by atoms with van der Waals surface area (Å²) >= 11 is 0. The molecule has 3 aliphatic rings. The van der Waals surface area contributed by atoms with E-state index in [4.69, 9.17) is 0 Å². The van der Waals surface area contributed by atoms with Crippen LogP contribution in [0, 0.1) is 11.7 Å². The Bertz CT molecular complexity index is 1260. The molecule has 2 aromatic carbocycles. The van der Waals surface area contributed by atoms with E-state index in [0.29, 0.717) is 16.7 Å². The SMILES string of the molecule is O=C(N[C@@H](c1ccccc1)c1ccc(C2CC2)c(F)c1)[C@@H]1C[C@@H](F)CN1C(=O)CNC(=O)N1CC(C(F)(F)F)C1. The average molecular weight is 565 g/mol. The van der Waals surface area contributed by atoms with Crippen molar-refractivity contribution in [2.45, 2.75) is 49.6 Å². The molecule has 3 atom stereocenters. The first-order chi connectivity index (χ1) is 19.0. The predicted octanol–water partition coefficient (Wildman–Crippen LogP) is 4.05. The van der Waals surface area contributed by atoms with E-state index < -0.39 is 67.8 Å². The Labute approximate surface area is 227 Å². The molecule has 2 heterocycles. The van der Waals surface area contributed by atoms with Crippen molar-refractivity contribution in [1.29, 1.82) is 0 Å². The van der Waals surface area contributed by atoms with Crippen LogP contribution in [-0.2, 0) is 9.59 Å². The number of rotatable bonds is 7. The fraction of sp³-hybridized carbons (Fsp3) is 0.464. The number of likely N-dealkylation sites (tertiary alicyclic amines) is 2. The second kappa shape index (κ2) is 11.1. The molecule has 7 nitrogen and oxygen atoms in total. The molecule has 40 heavy (non-hydrogen) atoms. The number of benzene rings is 2. The summed E-state index contributed by atoms with van der Waals surface area (Å²) in [5, 5.41) is 5.10. The summed E-state index contributed by atoms with van der Waals surface area (Å²) in [6.07, 6.45) is -4.29. The van der Waals surface area contributed by atoms with Gasteiger partial charge in [0.05, 0.1) is 25.0 Å². The minimum absolute atomic E-state index is 0.200. The van der Waals surface area contributed by atoms with Crippen LogP contribution in [0.25, 0.3) is 0 Å². The molecule has 2 aromatic rings. The summed E-state index contributed by atoms with van der Waals surface area (Å²) in [5.41, 5.74) is 1.79. The zero-order valence-electron chi connectivity index (χ0n) is 21.5. The van der Waals surface area contributed by atoms with Crippen LogP contribution in [0.2, 0.25) is 0 Å². The first kappa shape index (κ1) is 27.9.